The van der Waals surface area contributed by atoms with Gasteiger partial charge in [0.1, 0.15) is 0 Å². The number of hydrogen-bond acceptors (Lipinski definition) is 2. The molecule has 20 heavy (non-hydrogen) atoms. The predicted molar refractivity (Wildman–Crippen MR) is 79.8 cm³/mol. The van der Waals surface area contributed by atoms with Gasteiger partial charge < -0.3 is 15.5 Å². The Hall–Kier alpha value is -1.55. The molecular formula is C16H23N3O. The molecule has 1 saturated carbocycles. The largest absolute Gasteiger partial charge is 0.336 e. The molecule has 4 heteroatoms. The van der Waals surface area contributed by atoms with Crippen LogP contribution in [0.1, 0.15) is 30.7 Å². The first-order valence-electron chi connectivity index (χ1n) is 7.37. The molecule has 0 bridgehead atoms. The van der Waals surface area contributed by atoms with Crippen LogP contribution in [-0.2, 0) is 0 Å². The number of nitrogens with one attached hydrogen (secondary N) is 2. The van der Waals surface area contributed by atoms with Gasteiger partial charge in [-0.3, -0.25) is 0 Å². The van der Waals surface area contributed by atoms with E-state index in [0.717, 1.165) is 25.8 Å². The van der Waals surface area contributed by atoms with Crippen LogP contribution in [-0.4, -0.2) is 43.2 Å². The van der Waals surface area contributed by atoms with E-state index in [1.165, 1.54) is 5.56 Å². The van der Waals surface area contributed by atoms with Crippen LogP contribution in [0.25, 0.3) is 0 Å². The highest BCUT2D eigenvalue weighted by molar-refractivity contribution is 5.77. The first-order chi connectivity index (χ1) is 9.60. The summed E-state index contributed by atoms with van der Waals surface area (Å²) in [6.07, 6.45) is 3.19. The van der Waals surface area contributed by atoms with Crippen molar-refractivity contribution in [3.8, 4) is 0 Å². The van der Waals surface area contributed by atoms with Crippen LogP contribution < -0.4 is 10.6 Å². The van der Waals surface area contributed by atoms with Gasteiger partial charge in [-0.15, -0.1) is 0 Å². The topological polar surface area (TPSA) is 44.4 Å². The Morgan fingerprint density at radius 2 is 2.00 bits per heavy atom. The minimum Gasteiger partial charge on any atom is -0.336 e. The average molecular weight is 273 g/mol. The van der Waals surface area contributed by atoms with E-state index in [1.807, 2.05) is 0 Å². The van der Waals surface area contributed by atoms with E-state index in [4.69, 9.17) is 0 Å². The minimum atomic E-state index is -0.0515. The van der Waals surface area contributed by atoms with Gasteiger partial charge in [-0.25, -0.2) is 4.79 Å². The fourth-order valence-electron chi connectivity index (χ4n) is 3.80. The Morgan fingerprint density at radius 3 is 2.60 bits per heavy atom. The second kappa shape index (κ2) is 5.09. The maximum absolute atomic E-state index is 11.5. The lowest BCUT2D eigenvalue weighted by Crippen LogP contribution is -2.52. The van der Waals surface area contributed by atoms with Crippen molar-refractivity contribution in [1.29, 1.82) is 0 Å². The smallest absolute Gasteiger partial charge is 0.315 e. The van der Waals surface area contributed by atoms with Crippen molar-refractivity contribution in [2.75, 3.05) is 20.6 Å². The fourth-order valence-corrected chi connectivity index (χ4v) is 3.80. The van der Waals surface area contributed by atoms with Crippen LogP contribution in [0.2, 0.25) is 0 Å². The quantitative estimate of drug-likeness (QED) is 0.865. The third kappa shape index (κ3) is 2.40. The summed E-state index contributed by atoms with van der Waals surface area (Å²) in [5, 5.41) is 6.09. The van der Waals surface area contributed by atoms with Crippen molar-refractivity contribution in [1.82, 2.24) is 15.5 Å². The molecule has 0 aromatic heterocycles. The van der Waals surface area contributed by atoms with Crippen molar-refractivity contribution in [2.24, 2.45) is 0 Å². The third-order valence-corrected chi connectivity index (χ3v) is 4.85. The number of carbonyl (C=O) groups is 1. The lowest BCUT2D eigenvalue weighted by Gasteiger charge is -2.44. The molecule has 1 spiro atoms. The summed E-state index contributed by atoms with van der Waals surface area (Å²) in [6, 6.07) is 11.2. The van der Waals surface area contributed by atoms with Crippen LogP contribution in [0.5, 0.6) is 0 Å². The normalized spacial score (nSPS) is 33.2. The van der Waals surface area contributed by atoms with Gasteiger partial charge in [0.25, 0.3) is 0 Å². The molecule has 1 aromatic carbocycles. The monoisotopic (exact) mass is 273 g/mol. The van der Waals surface area contributed by atoms with Crippen LogP contribution in [0.3, 0.4) is 0 Å². The van der Waals surface area contributed by atoms with E-state index in [2.05, 4.69) is 60.0 Å². The molecule has 108 valence electrons. The number of benzene rings is 1. The summed E-state index contributed by atoms with van der Waals surface area (Å²) in [7, 11) is 4.31. The van der Waals surface area contributed by atoms with E-state index in [1.54, 1.807) is 0 Å². The molecular weight excluding hydrogens is 250 g/mol. The Morgan fingerprint density at radius 1 is 1.25 bits per heavy atom. The second-order valence-corrected chi connectivity index (χ2v) is 6.38. The predicted octanol–water partition coefficient (Wildman–Crippen LogP) is 1.94. The molecule has 1 aromatic rings. The highest BCUT2D eigenvalue weighted by atomic mass is 16.2. The SMILES string of the molecule is CN(C)[C@H]1CC[C@@]2(CNC(=O)N2)CC1c1ccccc1. The van der Waals surface area contributed by atoms with Gasteiger partial charge in [0.05, 0.1) is 5.54 Å². The van der Waals surface area contributed by atoms with Gasteiger partial charge >= 0.3 is 6.03 Å². The number of urea groups is 1. The number of carbonyl (C=O) groups excluding carboxylic acids is 1. The van der Waals surface area contributed by atoms with Gasteiger partial charge in [0.2, 0.25) is 0 Å². The van der Waals surface area contributed by atoms with E-state index in [9.17, 15) is 4.79 Å². The lowest BCUT2D eigenvalue weighted by molar-refractivity contribution is 0.142. The first-order valence-corrected chi connectivity index (χ1v) is 7.37. The van der Waals surface area contributed by atoms with E-state index >= 15 is 0 Å². The van der Waals surface area contributed by atoms with Crippen LogP contribution in [0.4, 0.5) is 4.79 Å². The Kier molecular flexibility index (Phi) is 3.42. The summed E-state index contributed by atoms with van der Waals surface area (Å²) in [5.41, 5.74) is 1.33. The van der Waals surface area contributed by atoms with Crippen LogP contribution in [0.15, 0.2) is 30.3 Å². The van der Waals surface area contributed by atoms with Gasteiger partial charge in [0.15, 0.2) is 0 Å². The molecule has 1 unspecified atom stereocenters. The number of likely N-dealkylation sites (N-methyl/N-ethyl adjacent to an activating group) is 1. The molecule has 2 amide bonds. The highest BCUT2D eigenvalue weighted by Gasteiger charge is 2.45. The van der Waals surface area contributed by atoms with Gasteiger partial charge in [-0.1, -0.05) is 30.3 Å². The van der Waals surface area contributed by atoms with Gasteiger partial charge in [0, 0.05) is 18.5 Å². The Bertz CT molecular complexity index is 488. The van der Waals surface area contributed by atoms with Crippen LogP contribution in [0, 0.1) is 0 Å². The molecule has 1 aliphatic heterocycles. The average Bonchev–Trinajstić information content (AvgIpc) is 2.80. The second-order valence-electron chi connectivity index (χ2n) is 6.38. The zero-order valence-corrected chi connectivity index (χ0v) is 12.2. The molecule has 2 fully saturated rings. The molecule has 2 N–H and O–H groups in total. The molecule has 3 atom stereocenters. The van der Waals surface area contributed by atoms with Gasteiger partial charge in [-0.2, -0.15) is 0 Å². The Balaban J connectivity index is 1.87. The molecule has 4 nitrogen and oxygen atoms in total. The number of amides is 2. The van der Waals surface area contributed by atoms with Crippen molar-refractivity contribution < 1.29 is 4.79 Å². The van der Waals surface area contributed by atoms with Crippen molar-refractivity contribution in [3.63, 3.8) is 0 Å². The zero-order chi connectivity index (χ0) is 14.2. The Labute approximate surface area is 120 Å². The molecule has 1 heterocycles. The summed E-state index contributed by atoms with van der Waals surface area (Å²) in [4.78, 5) is 13.9. The van der Waals surface area contributed by atoms with Crippen LogP contribution >= 0.6 is 0 Å². The highest BCUT2D eigenvalue weighted by Crippen LogP contribution is 2.41. The third-order valence-electron chi connectivity index (χ3n) is 4.85. The number of nitrogens with zero attached hydrogens (tertiary/aromatic N) is 1. The van der Waals surface area contributed by atoms with E-state index in [-0.39, 0.29) is 11.6 Å². The van der Waals surface area contributed by atoms with Crippen molar-refractivity contribution >= 4 is 6.03 Å². The maximum Gasteiger partial charge on any atom is 0.315 e. The summed E-state index contributed by atoms with van der Waals surface area (Å²) >= 11 is 0. The summed E-state index contributed by atoms with van der Waals surface area (Å²) < 4.78 is 0. The van der Waals surface area contributed by atoms with Gasteiger partial charge in [-0.05, 0) is 38.9 Å². The summed E-state index contributed by atoms with van der Waals surface area (Å²) in [5.74, 6) is 0.472. The molecule has 3 rings (SSSR count). The van der Waals surface area contributed by atoms with Crippen molar-refractivity contribution in [3.05, 3.63) is 35.9 Å². The van der Waals surface area contributed by atoms with Crippen molar-refractivity contribution in [2.45, 2.75) is 36.8 Å². The maximum atomic E-state index is 11.5. The standard InChI is InChI=1S/C16H23N3O/c1-19(2)14-8-9-16(11-17-15(20)18-16)10-13(14)12-6-4-3-5-7-12/h3-7,13-14H,8-11H2,1-2H3,(H2,17,18,20)/t13?,14-,16-/m0/s1. The molecule has 1 aliphatic carbocycles. The molecule has 0 radical (unpaired) electrons. The number of hydrogen-bond donors (Lipinski definition) is 2. The fraction of sp³-hybridized carbons (Fsp3) is 0.562. The van der Waals surface area contributed by atoms with E-state index in [0.29, 0.717) is 12.0 Å². The summed E-state index contributed by atoms with van der Waals surface area (Å²) in [6.45, 7) is 0.759. The zero-order valence-electron chi connectivity index (χ0n) is 12.2. The molecule has 2 aliphatic rings. The lowest BCUT2D eigenvalue weighted by atomic mass is 9.70. The van der Waals surface area contributed by atoms with E-state index < -0.39 is 0 Å². The first kappa shape index (κ1) is 13.4. The molecule has 1 saturated heterocycles. The minimum absolute atomic E-state index is 0.0138. The number of rotatable bonds is 2.